The molecule has 1 aliphatic rings. The summed E-state index contributed by atoms with van der Waals surface area (Å²) in [5.41, 5.74) is 0.455. The van der Waals surface area contributed by atoms with Gasteiger partial charge in [0.1, 0.15) is 0 Å². The Morgan fingerprint density at radius 1 is 0.941 bits per heavy atom. The number of rotatable bonds is 5. The third-order valence-corrected chi connectivity index (χ3v) is 7.29. The number of halogens is 4. The topological polar surface area (TPSA) is 49.9 Å². The maximum absolute atomic E-state index is 14.2. The molecule has 1 saturated heterocycles. The van der Waals surface area contributed by atoms with E-state index in [1.165, 1.54) is 24.3 Å². The van der Waals surface area contributed by atoms with Crippen LogP contribution in [0.3, 0.4) is 0 Å². The fraction of sp³-hybridized carbons (Fsp3) is 0.292. The normalized spacial score (nSPS) is 16.5. The van der Waals surface area contributed by atoms with Crippen molar-refractivity contribution in [3.05, 3.63) is 71.8 Å². The summed E-state index contributed by atoms with van der Waals surface area (Å²) >= 11 is 0. The highest BCUT2D eigenvalue weighted by molar-refractivity contribution is 7.61. The number of carbonyl (C=O) groups excluding carboxylic acids is 1. The van der Waals surface area contributed by atoms with Crippen molar-refractivity contribution in [2.24, 2.45) is 0 Å². The van der Waals surface area contributed by atoms with Gasteiger partial charge in [-0.15, -0.1) is 0 Å². The fourth-order valence-electron chi connectivity index (χ4n) is 3.98. The minimum atomic E-state index is -4.38. The van der Waals surface area contributed by atoms with Gasteiger partial charge in [-0.1, -0.05) is 12.1 Å². The van der Waals surface area contributed by atoms with Gasteiger partial charge in [0.15, 0.2) is 0 Å². The summed E-state index contributed by atoms with van der Waals surface area (Å²) in [6.45, 7) is 3.40. The van der Waals surface area contributed by atoms with Crippen LogP contribution in [0.2, 0.25) is 0 Å². The minimum absolute atomic E-state index is 0.00855. The maximum Gasteiger partial charge on any atom is 0.416 e. The molecule has 34 heavy (non-hydrogen) atoms. The molecule has 0 saturated carbocycles. The molecule has 1 unspecified atom stereocenters. The molecule has 0 aromatic heterocycles. The molecule has 1 fully saturated rings. The van der Waals surface area contributed by atoms with Crippen LogP contribution in [-0.2, 0) is 15.3 Å². The molecule has 180 valence electrons. The molecular weight excluding hydrogens is 471 g/mol. The smallest absolute Gasteiger partial charge is 0.368 e. The summed E-state index contributed by atoms with van der Waals surface area (Å²) in [7, 11) is -4.38. The molecule has 3 aromatic rings. The Balaban J connectivity index is 1.43. The van der Waals surface area contributed by atoms with Crippen molar-refractivity contribution in [1.29, 1.82) is 0 Å². The van der Waals surface area contributed by atoms with Crippen LogP contribution in [0.1, 0.15) is 22.8 Å². The van der Waals surface area contributed by atoms with Crippen LogP contribution in [-0.4, -0.2) is 43.6 Å². The van der Waals surface area contributed by atoms with E-state index in [9.17, 15) is 26.7 Å². The summed E-state index contributed by atoms with van der Waals surface area (Å²) in [6.07, 6.45) is -4.38. The molecule has 1 amide bonds. The van der Waals surface area contributed by atoms with E-state index >= 15 is 0 Å². The van der Waals surface area contributed by atoms with Crippen LogP contribution in [0.4, 0.5) is 23.1 Å². The molecule has 0 N–H and O–H groups in total. The molecule has 4 rings (SSSR count). The first-order chi connectivity index (χ1) is 16.1. The van der Waals surface area contributed by atoms with E-state index in [-0.39, 0.29) is 17.8 Å². The van der Waals surface area contributed by atoms with Gasteiger partial charge < -0.3 is 14.3 Å². The Kier molecular flexibility index (Phi) is 6.69. The Bertz CT molecular complexity index is 1240. The predicted molar refractivity (Wildman–Crippen MR) is 123 cm³/mol. The van der Waals surface area contributed by atoms with Crippen LogP contribution in [0.5, 0.6) is 0 Å². The highest BCUT2D eigenvalue weighted by Gasteiger charge is 2.30. The maximum atomic E-state index is 14.2. The number of fused-ring (bicyclic) bond motifs is 1. The number of amides is 1. The highest BCUT2D eigenvalue weighted by Crippen LogP contribution is 2.47. The summed E-state index contributed by atoms with van der Waals surface area (Å²) in [4.78, 5) is 16.7. The monoisotopic (exact) mass is 494 g/mol. The predicted octanol–water partition coefficient (Wildman–Crippen LogP) is 5.65. The van der Waals surface area contributed by atoms with Crippen LogP contribution in [0, 0.1) is 0 Å². The molecule has 1 heterocycles. The van der Waals surface area contributed by atoms with Crippen LogP contribution < -0.4 is 10.2 Å². The number of hydrogen-bond acceptors (Lipinski definition) is 4. The number of benzene rings is 3. The lowest BCUT2D eigenvalue weighted by molar-refractivity contribution is -0.137. The summed E-state index contributed by atoms with van der Waals surface area (Å²) < 4.78 is 69.3. The number of piperazine rings is 1. The molecule has 0 radical (unpaired) electrons. The molecule has 10 heteroatoms. The van der Waals surface area contributed by atoms with Crippen molar-refractivity contribution >= 4 is 35.4 Å². The lowest BCUT2D eigenvalue weighted by Crippen LogP contribution is -2.48. The van der Waals surface area contributed by atoms with Gasteiger partial charge in [0.05, 0.1) is 17.5 Å². The molecule has 3 aromatic carbocycles. The highest BCUT2D eigenvalue weighted by atomic mass is 31.2. The van der Waals surface area contributed by atoms with Gasteiger partial charge in [0.2, 0.25) is 0 Å². The SMILES string of the molecule is CCOP(=O)(F)c1ccc2cc(C(=O)N3CCN(c4ccc(C(F)(F)F)cc4)CC3)ccc2c1. The van der Waals surface area contributed by atoms with Crippen molar-refractivity contribution in [1.82, 2.24) is 4.90 Å². The standard InChI is InChI=1S/C24H23F4N2O3P/c1-2-33-34(28,32)22-10-5-17-15-19(4-3-18(17)16-22)23(31)30-13-11-29(12-14-30)21-8-6-20(7-9-21)24(25,26)27/h3-10,15-16H,2,11-14H2,1H3. The van der Waals surface area contributed by atoms with Crippen LogP contribution in [0.25, 0.3) is 10.8 Å². The molecule has 1 aliphatic heterocycles. The third-order valence-electron chi connectivity index (χ3n) is 5.80. The third kappa shape index (κ3) is 5.10. The van der Waals surface area contributed by atoms with Crippen molar-refractivity contribution < 1.29 is 31.3 Å². The van der Waals surface area contributed by atoms with Crippen molar-refractivity contribution in [3.63, 3.8) is 0 Å². The van der Waals surface area contributed by atoms with E-state index in [0.717, 1.165) is 12.1 Å². The van der Waals surface area contributed by atoms with Crippen LogP contribution >= 0.6 is 7.68 Å². The molecule has 1 atom stereocenters. The van der Waals surface area contributed by atoms with E-state index < -0.39 is 19.4 Å². The van der Waals surface area contributed by atoms with E-state index in [0.29, 0.717) is 48.2 Å². The van der Waals surface area contributed by atoms with Gasteiger partial charge in [0, 0.05) is 37.4 Å². The molecule has 0 spiro atoms. The van der Waals surface area contributed by atoms with E-state index in [4.69, 9.17) is 4.52 Å². The number of carbonyl (C=O) groups is 1. The quantitative estimate of drug-likeness (QED) is 0.340. The van der Waals surface area contributed by atoms with Gasteiger partial charge in [0.25, 0.3) is 5.91 Å². The number of hydrogen-bond donors (Lipinski definition) is 0. The first kappa shape index (κ1) is 24.2. The zero-order chi connectivity index (χ0) is 24.5. The Hall–Kier alpha value is -2.90. The zero-order valence-corrected chi connectivity index (χ0v) is 19.3. The second-order valence-corrected chi connectivity index (χ2v) is 9.70. The fourth-order valence-corrected chi connectivity index (χ4v) is 5.01. The Morgan fingerprint density at radius 2 is 1.56 bits per heavy atom. The van der Waals surface area contributed by atoms with Crippen LogP contribution in [0.15, 0.2) is 60.7 Å². The molecule has 0 bridgehead atoms. The molecular formula is C24H23F4N2O3P. The van der Waals surface area contributed by atoms with Gasteiger partial charge in [-0.2, -0.15) is 17.4 Å². The minimum Gasteiger partial charge on any atom is -0.368 e. The van der Waals surface area contributed by atoms with Gasteiger partial charge >= 0.3 is 13.9 Å². The van der Waals surface area contributed by atoms with E-state index in [2.05, 4.69) is 0 Å². The average Bonchev–Trinajstić information content (AvgIpc) is 2.82. The first-order valence-corrected chi connectivity index (χ1v) is 12.3. The number of alkyl halides is 3. The van der Waals surface area contributed by atoms with Crippen molar-refractivity contribution in [3.8, 4) is 0 Å². The van der Waals surface area contributed by atoms with Gasteiger partial charge in [-0.3, -0.25) is 4.79 Å². The largest absolute Gasteiger partial charge is 0.416 e. The van der Waals surface area contributed by atoms with E-state index in [1.54, 1.807) is 36.1 Å². The van der Waals surface area contributed by atoms with Crippen molar-refractivity contribution in [2.45, 2.75) is 13.1 Å². The second kappa shape index (κ2) is 9.39. The summed E-state index contributed by atoms with van der Waals surface area (Å²) in [5, 5.41) is 1.31. The number of nitrogens with zero attached hydrogens (tertiary/aromatic N) is 2. The lowest BCUT2D eigenvalue weighted by atomic mass is 10.1. The number of anilines is 1. The Labute approximate surface area is 194 Å². The van der Waals surface area contributed by atoms with Gasteiger partial charge in [-0.05, 0) is 66.2 Å². The first-order valence-electron chi connectivity index (χ1n) is 10.8. The van der Waals surface area contributed by atoms with E-state index in [1.807, 2.05) is 4.90 Å². The summed E-state index contributed by atoms with van der Waals surface area (Å²) in [6, 6.07) is 14.5. The Morgan fingerprint density at radius 3 is 2.18 bits per heavy atom. The van der Waals surface area contributed by atoms with Gasteiger partial charge in [-0.25, -0.2) is 4.57 Å². The summed E-state index contributed by atoms with van der Waals surface area (Å²) in [5.74, 6) is -0.163. The average molecular weight is 494 g/mol. The molecule has 0 aliphatic carbocycles. The zero-order valence-electron chi connectivity index (χ0n) is 18.4. The second-order valence-electron chi connectivity index (χ2n) is 7.97. The molecule has 5 nitrogen and oxygen atoms in total. The van der Waals surface area contributed by atoms with Crippen molar-refractivity contribution in [2.75, 3.05) is 37.7 Å². The lowest BCUT2D eigenvalue weighted by Gasteiger charge is -2.36.